The molecule has 5 nitrogen and oxygen atoms in total. The van der Waals surface area contributed by atoms with Gasteiger partial charge in [-0.2, -0.15) is 0 Å². The molecule has 2 bridgehead atoms. The van der Waals surface area contributed by atoms with Crippen LogP contribution in [-0.4, -0.2) is 68.3 Å². The molecule has 3 aliphatic rings. The van der Waals surface area contributed by atoms with E-state index in [0.29, 0.717) is 22.7 Å². The van der Waals surface area contributed by atoms with E-state index in [4.69, 9.17) is 21.1 Å². The molecule has 0 N–H and O–H groups in total. The van der Waals surface area contributed by atoms with E-state index < -0.39 is 0 Å². The molecule has 24 heavy (non-hydrogen) atoms. The molecular weight excluding hydrogens is 328 g/mol. The second-order valence-electron chi connectivity index (χ2n) is 6.63. The average Bonchev–Trinajstić information content (AvgIpc) is 2.90. The van der Waals surface area contributed by atoms with Gasteiger partial charge in [0.05, 0.1) is 6.61 Å². The predicted molar refractivity (Wildman–Crippen MR) is 93.5 cm³/mol. The normalized spacial score (nSPS) is 24.0. The minimum Gasteiger partial charge on any atom is -0.484 e. The van der Waals surface area contributed by atoms with E-state index in [2.05, 4.69) is 4.90 Å². The number of methoxy groups -OCH3 is 1. The van der Waals surface area contributed by atoms with Crippen molar-refractivity contribution in [2.45, 2.75) is 18.9 Å². The van der Waals surface area contributed by atoms with Crippen LogP contribution in [0.5, 0.6) is 5.75 Å². The van der Waals surface area contributed by atoms with E-state index in [1.165, 1.54) is 6.42 Å². The Morgan fingerprint density at radius 3 is 2.96 bits per heavy atom. The van der Waals surface area contributed by atoms with Crippen LogP contribution in [-0.2, 0) is 9.53 Å². The fourth-order valence-corrected chi connectivity index (χ4v) is 3.84. The lowest BCUT2D eigenvalue weighted by molar-refractivity contribution is -0.133. The highest BCUT2D eigenvalue weighted by Gasteiger charge is 2.36. The number of hydrogen-bond donors (Lipinski definition) is 0. The third-order valence-corrected chi connectivity index (χ3v) is 5.16. The van der Waals surface area contributed by atoms with Crippen molar-refractivity contribution < 1.29 is 14.3 Å². The lowest BCUT2D eigenvalue weighted by Gasteiger charge is -2.35. The molecule has 2 atom stereocenters. The summed E-state index contributed by atoms with van der Waals surface area (Å²) in [6.45, 7) is 4.44. The number of carbonyl (C=O) groups excluding carboxylic acids is 1. The first-order valence-electron chi connectivity index (χ1n) is 8.55. The van der Waals surface area contributed by atoms with Crippen molar-refractivity contribution in [3.63, 3.8) is 0 Å². The van der Waals surface area contributed by atoms with Gasteiger partial charge in [-0.3, -0.25) is 9.69 Å². The summed E-state index contributed by atoms with van der Waals surface area (Å²) >= 11 is 5.94. The van der Waals surface area contributed by atoms with Crippen molar-refractivity contribution in [2.75, 3.05) is 46.5 Å². The second-order valence-corrected chi connectivity index (χ2v) is 7.07. The van der Waals surface area contributed by atoms with E-state index in [0.717, 1.165) is 39.2 Å². The number of carbonyl (C=O) groups is 1. The van der Waals surface area contributed by atoms with Gasteiger partial charge in [0, 0.05) is 44.4 Å². The molecule has 0 aromatic heterocycles. The Labute approximate surface area is 148 Å². The van der Waals surface area contributed by atoms with Gasteiger partial charge < -0.3 is 14.4 Å². The summed E-state index contributed by atoms with van der Waals surface area (Å²) in [4.78, 5) is 17.0. The van der Waals surface area contributed by atoms with Gasteiger partial charge >= 0.3 is 0 Å². The van der Waals surface area contributed by atoms with Crippen molar-refractivity contribution in [3.8, 4) is 5.75 Å². The predicted octanol–water partition coefficient (Wildman–Crippen LogP) is 2.29. The molecule has 1 aromatic carbocycles. The summed E-state index contributed by atoms with van der Waals surface area (Å²) in [5.41, 5.74) is 0. The van der Waals surface area contributed by atoms with Crippen LogP contribution in [0.1, 0.15) is 12.8 Å². The summed E-state index contributed by atoms with van der Waals surface area (Å²) in [5, 5.41) is 0.613. The van der Waals surface area contributed by atoms with Crippen LogP contribution in [0.25, 0.3) is 0 Å². The van der Waals surface area contributed by atoms with Gasteiger partial charge in [0.25, 0.3) is 5.91 Å². The largest absolute Gasteiger partial charge is 0.484 e. The molecule has 3 fully saturated rings. The SMILES string of the molecule is COCCN1C[C@H]2CC[C@@H]1CN(C(=O)COc1cccc(Cl)c1)C2. The monoisotopic (exact) mass is 352 g/mol. The van der Waals surface area contributed by atoms with E-state index in [9.17, 15) is 4.79 Å². The lowest BCUT2D eigenvalue weighted by atomic mass is 9.95. The number of piperidine rings is 1. The minimum atomic E-state index is 0.0560. The second kappa shape index (κ2) is 8.19. The molecule has 0 radical (unpaired) electrons. The molecule has 1 aromatic rings. The van der Waals surface area contributed by atoms with Gasteiger partial charge in [0.2, 0.25) is 0 Å². The van der Waals surface area contributed by atoms with E-state index >= 15 is 0 Å². The standard InChI is InChI=1S/C18H25ClN2O3/c1-23-8-7-20-10-14-5-6-16(20)12-21(11-14)18(22)13-24-17-4-2-3-15(19)9-17/h2-4,9,14,16H,5-8,10-13H2,1H3/t14-,16-/m1/s1. The van der Waals surface area contributed by atoms with Crippen LogP contribution >= 0.6 is 11.6 Å². The van der Waals surface area contributed by atoms with Gasteiger partial charge in [-0.05, 0) is 37.0 Å². The Hall–Kier alpha value is -1.30. The molecule has 0 aliphatic carbocycles. The van der Waals surface area contributed by atoms with Crippen molar-refractivity contribution >= 4 is 17.5 Å². The average molecular weight is 353 g/mol. The highest BCUT2D eigenvalue weighted by atomic mass is 35.5. The molecule has 0 saturated carbocycles. The third-order valence-electron chi connectivity index (χ3n) is 4.92. The molecule has 0 unspecified atom stereocenters. The fraction of sp³-hybridized carbons (Fsp3) is 0.611. The number of hydrogen-bond acceptors (Lipinski definition) is 4. The van der Waals surface area contributed by atoms with Crippen molar-refractivity contribution in [1.29, 1.82) is 0 Å². The fourth-order valence-electron chi connectivity index (χ4n) is 3.66. The topological polar surface area (TPSA) is 42.0 Å². The smallest absolute Gasteiger partial charge is 0.260 e. The highest BCUT2D eigenvalue weighted by molar-refractivity contribution is 6.30. The maximum Gasteiger partial charge on any atom is 0.260 e. The molecule has 6 heteroatoms. The molecule has 0 spiro atoms. The van der Waals surface area contributed by atoms with Gasteiger partial charge in [-0.15, -0.1) is 0 Å². The zero-order chi connectivity index (χ0) is 16.9. The minimum absolute atomic E-state index is 0.0560. The number of rotatable bonds is 6. The Bertz CT molecular complexity index is 569. The molecular formula is C18H25ClN2O3. The van der Waals surface area contributed by atoms with E-state index in [1.54, 1.807) is 19.2 Å². The van der Waals surface area contributed by atoms with Crippen LogP contribution in [0, 0.1) is 5.92 Å². The summed E-state index contributed by atoms with van der Waals surface area (Å²) < 4.78 is 10.8. The van der Waals surface area contributed by atoms with E-state index in [-0.39, 0.29) is 12.5 Å². The number of amides is 1. The molecule has 132 valence electrons. The first-order chi connectivity index (χ1) is 11.7. The van der Waals surface area contributed by atoms with Crippen molar-refractivity contribution in [2.24, 2.45) is 5.92 Å². The van der Waals surface area contributed by atoms with Crippen LogP contribution in [0.15, 0.2) is 24.3 Å². The van der Waals surface area contributed by atoms with E-state index in [1.807, 2.05) is 17.0 Å². The van der Waals surface area contributed by atoms with Gasteiger partial charge in [0.15, 0.2) is 6.61 Å². The molecule has 4 rings (SSSR count). The molecule has 3 saturated heterocycles. The molecule has 3 aliphatic heterocycles. The maximum absolute atomic E-state index is 12.6. The Kier molecular flexibility index (Phi) is 5.98. The lowest BCUT2D eigenvalue weighted by Crippen LogP contribution is -2.46. The first kappa shape index (κ1) is 17.5. The van der Waals surface area contributed by atoms with Crippen LogP contribution in [0.4, 0.5) is 0 Å². The van der Waals surface area contributed by atoms with Gasteiger partial charge in [-0.1, -0.05) is 17.7 Å². The summed E-state index contributed by atoms with van der Waals surface area (Å²) in [7, 11) is 1.74. The third kappa shape index (κ3) is 4.41. The van der Waals surface area contributed by atoms with Crippen molar-refractivity contribution in [1.82, 2.24) is 9.80 Å². The number of halogens is 1. The Balaban J connectivity index is 1.56. The summed E-state index contributed by atoms with van der Waals surface area (Å²) in [5.74, 6) is 1.24. The van der Waals surface area contributed by atoms with Crippen LogP contribution in [0.2, 0.25) is 5.02 Å². The Morgan fingerprint density at radius 1 is 1.29 bits per heavy atom. The highest BCUT2D eigenvalue weighted by Crippen LogP contribution is 2.28. The Morgan fingerprint density at radius 2 is 2.17 bits per heavy atom. The summed E-state index contributed by atoms with van der Waals surface area (Å²) in [6.07, 6.45) is 2.36. The number of fused-ring (bicyclic) bond motifs is 4. The number of nitrogens with zero attached hydrogens (tertiary/aromatic N) is 2. The first-order valence-corrected chi connectivity index (χ1v) is 8.92. The van der Waals surface area contributed by atoms with Gasteiger partial charge in [-0.25, -0.2) is 0 Å². The summed E-state index contributed by atoms with van der Waals surface area (Å²) in [6, 6.07) is 7.60. The number of ether oxygens (including phenoxy) is 2. The molecule has 3 heterocycles. The van der Waals surface area contributed by atoms with Crippen LogP contribution < -0.4 is 4.74 Å². The number of benzene rings is 1. The van der Waals surface area contributed by atoms with Crippen molar-refractivity contribution in [3.05, 3.63) is 29.3 Å². The quantitative estimate of drug-likeness (QED) is 0.787. The zero-order valence-corrected chi connectivity index (χ0v) is 14.9. The molecule has 1 amide bonds. The van der Waals surface area contributed by atoms with Gasteiger partial charge in [0.1, 0.15) is 5.75 Å². The zero-order valence-electron chi connectivity index (χ0n) is 14.1. The maximum atomic E-state index is 12.6. The van der Waals surface area contributed by atoms with Crippen LogP contribution in [0.3, 0.4) is 0 Å².